The Morgan fingerprint density at radius 2 is 1.34 bits per heavy atom. The number of Topliss-reactive ketones (excluding diaryl/α,β-unsaturated/α-hetero) is 1. The van der Waals surface area contributed by atoms with Crippen molar-refractivity contribution >= 4 is 46.8 Å². The van der Waals surface area contributed by atoms with E-state index in [0.717, 1.165) is 16.0 Å². The van der Waals surface area contributed by atoms with Gasteiger partial charge < -0.3 is 4.74 Å². The average Bonchev–Trinajstić information content (AvgIpc) is 3.08. The maximum atomic E-state index is 13.0. The molecule has 8 heteroatoms. The summed E-state index contributed by atoms with van der Waals surface area (Å²) < 4.78 is 5.27. The molecule has 3 aromatic carbocycles. The van der Waals surface area contributed by atoms with Crippen molar-refractivity contribution in [1.29, 1.82) is 0 Å². The minimum absolute atomic E-state index is 0.0671. The highest BCUT2D eigenvalue weighted by Crippen LogP contribution is 2.33. The van der Waals surface area contributed by atoms with E-state index in [0.29, 0.717) is 5.56 Å². The number of fused-ring (bicyclic) bond motifs is 1. The fourth-order valence-electron chi connectivity index (χ4n) is 3.97. The molecule has 1 aliphatic rings. The molecule has 0 aliphatic carbocycles. The summed E-state index contributed by atoms with van der Waals surface area (Å²) in [4.78, 5) is 52.4. The Bertz CT molecular complexity index is 1280. The van der Waals surface area contributed by atoms with Crippen molar-refractivity contribution in [2.75, 3.05) is 6.61 Å². The van der Waals surface area contributed by atoms with Gasteiger partial charge in [0.15, 0.2) is 12.4 Å². The normalized spacial score (nSPS) is 13.7. The molecule has 0 N–H and O–H groups in total. The van der Waals surface area contributed by atoms with Gasteiger partial charge in [-0.15, -0.1) is 0 Å². The van der Waals surface area contributed by atoms with Crippen molar-refractivity contribution in [3.63, 3.8) is 0 Å². The van der Waals surface area contributed by atoms with E-state index >= 15 is 0 Å². The first-order chi connectivity index (χ1) is 16.7. The van der Waals surface area contributed by atoms with Crippen molar-refractivity contribution in [3.05, 3.63) is 93.5 Å². The van der Waals surface area contributed by atoms with Gasteiger partial charge in [-0.25, -0.2) is 4.79 Å². The Balaban J connectivity index is 1.46. The molecule has 0 fully saturated rings. The standard InChI is InChI=1S/C27H21Cl2NO5/c1-15(2)24(30-25(32)19-12-21(28)22(29)13-20(19)26(30)33)27(34)35-14-23(31)18-10-8-17(9-11-18)16-6-4-3-5-7-16/h3-13,15,24H,14H2,1-2H3. The molecule has 0 saturated heterocycles. The van der Waals surface area contributed by atoms with Crippen molar-refractivity contribution in [3.8, 4) is 11.1 Å². The Kier molecular flexibility index (Phi) is 7.05. The van der Waals surface area contributed by atoms with E-state index in [1.807, 2.05) is 42.5 Å². The number of nitrogens with zero attached hydrogens (tertiary/aromatic N) is 1. The molecule has 1 unspecified atom stereocenters. The molecule has 178 valence electrons. The zero-order valence-electron chi connectivity index (χ0n) is 19.0. The van der Waals surface area contributed by atoms with E-state index in [2.05, 4.69) is 0 Å². The third-order valence-corrected chi connectivity index (χ3v) is 6.49. The monoisotopic (exact) mass is 509 g/mol. The summed E-state index contributed by atoms with van der Waals surface area (Å²) in [5.74, 6) is -3.04. The van der Waals surface area contributed by atoms with Crippen LogP contribution in [0.1, 0.15) is 44.9 Å². The minimum atomic E-state index is -1.21. The topological polar surface area (TPSA) is 80.8 Å². The SMILES string of the molecule is CC(C)C(C(=O)OCC(=O)c1ccc(-c2ccccc2)cc1)N1C(=O)c2cc(Cl)c(Cl)cc2C1=O. The van der Waals surface area contributed by atoms with Crippen LogP contribution in [0, 0.1) is 5.92 Å². The molecule has 4 rings (SSSR count). The number of benzene rings is 3. The molecule has 0 radical (unpaired) electrons. The smallest absolute Gasteiger partial charge is 0.330 e. The lowest BCUT2D eigenvalue weighted by Gasteiger charge is -2.27. The average molecular weight is 510 g/mol. The molecule has 35 heavy (non-hydrogen) atoms. The third-order valence-electron chi connectivity index (χ3n) is 5.77. The lowest BCUT2D eigenvalue weighted by atomic mass is 10.0. The number of ketones is 1. The Hall–Kier alpha value is -3.48. The summed E-state index contributed by atoms with van der Waals surface area (Å²) in [6.45, 7) is 2.84. The third kappa shape index (κ3) is 4.85. The highest BCUT2D eigenvalue weighted by atomic mass is 35.5. The largest absolute Gasteiger partial charge is 0.456 e. The molecule has 1 atom stereocenters. The highest BCUT2D eigenvalue weighted by Gasteiger charge is 2.45. The number of hydrogen-bond donors (Lipinski definition) is 0. The van der Waals surface area contributed by atoms with Gasteiger partial charge in [-0.05, 0) is 29.2 Å². The summed E-state index contributed by atoms with van der Waals surface area (Å²) >= 11 is 12.0. The summed E-state index contributed by atoms with van der Waals surface area (Å²) in [7, 11) is 0. The highest BCUT2D eigenvalue weighted by molar-refractivity contribution is 6.43. The zero-order chi connectivity index (χ0) is 25.3. The van der Waals surface area contributed by atoms with Gasteiger partial charge in [0.25, 0.3) is 11.8 Å². The molecular weight excluding hydrogens is 489 g/mol. The number of esters is 1. The van der Waals surface area contributed by atoms with E-state index in [4.69, 9.17) is 27.9 Å². The molecule has 2 amide bonds. The first kappa shape index (κ1) is 24.6. The molecule has 1 aliphatic heterocycles. The quantitative estimate of drug-likeness (QED) is 0.231. The van der Waals surface area contributed by atoms with Gasteiger partial charge in [0.2, 0.25) is 0 Å². The van der Waals surface area contributed by atoms with Gasteiger partial charge in [-0.1, -0.05) is 91.6 Å². The van der Waals surface area contributed by atoms with Gasteiger partial charge in [0.1, 0.15) is 6.04 Å². The van der Waals surface area contributed by atoms with E-state index in [9.17, 15) is 19.2 Å². The molecule has 3 aromatic rings. The van der Waals surface area contributed by atoms with Gasteiger partial charge in [-0.2, -0.15) is 0 Å². The maximum Gasteiger partial charge on any atom is 0.330 e. The fourth-order valence-corrected chi connectivity index (χ4v) is 4.29. The first-order valence-corrected chi connectivity index (χ1v) is 11.7. The second-order valence-electron chi connectivity index (χ2n) is 8.46. The molecule has 0 aromatic heterocycles. The predicted octanol–water partition coefficient (Wildman–Crippen LogP) is 5.71. The number of carbonyl (C=O) groups excluding carboxylic acids is 4. The Morgan fingerprint density at radius 3 is 1.86 bits per heavy atom. The molecular formula is C27H21Cl2NO5. The first-order valence-electron chi connectivity index (χ1n) is 10.9. The van der Waals surface area contributed by atoms with E-state index in [1.54, 1.807) is 26.0 Å². The number of amides is 2. The lowest BCUT2D eigenvalue weighted by molar-refractivity contribution is -0.148. The van der Waals surface area contributed by atoms with E-state index in [-0.39, 0.29) is 21.2 Å². The van der Waals surface area contributed by atoms with Crippen molar-refractivity contribution in [2.45, 2.75) is 19.9 Å². The van der Waals surface area contributed by atoms with Crippen LogP contribution in [-0.2, 0) is 9.53 Å². The fraction of sp³-hybridized carbons (Fsp3) is 0.185. The molecule has 0 spiro atoms. The summed E-state index contributed by atoms with van der Waals surface area (Å²) in [5.41, 5.74) is 2.48. The van der Waals surface area contributed by atoms with Crippen LogP contribution in [0.4, 0.5) is 0 Å². The zero-order valence-corrected chi connectivity index (χ0v) is 20.5. The number of carbonyl (C=O) groups is 4. The van der Waals surface area contributed by atoms with Gasteiger partial charge in [0.05, 0.1) is 21.2 Å². The number of imide groups is 1. The van der Waals surface area contributed by atoms with E-state index < -0.39 is 42.1 Å². The minimum Gasteiger partial charge on any atom is -0.456 e. The van der Waals surface area contributed by atoms with Crippen LogP contribution in [0.3, 0.4) is 0 Å². The van der Waals surface area contributed by atoms with Gasteiger partial charge in [-0.3, -0.25) is 19.3 Å². The van der Waals surface area contributed by atoms with Crippen LogP contribution in [0.5, 0.6) is 0 Å². The number of rotatable bonds is 7. The van der Waals surface area contributed by atoms with Crippen LogP contribution in [0.15, 0.2) is 66.7 Å². The van der Waals surface area contributed by atoms with Crippen molar-refractivity contribution in [1.82, 2.24) is 4.90 Å². The summed E-state index contributed by atoms with van der Waals surface area (Å²) in [5, 5.41) is 0.252. The van der Waals surface area contributed by atoms with E-state index in [1.165, 1.54) is 12.1 Å². The van der Waals surface area contributed by atoms with Gasteiger partial charge in [0, 0.05) is 5.56 Å². The Morgan fingerprint density at radius 1 is 0.829 bits per heavy atom. The predicted molar refractivity (Wildman–Crippen MR) is 133 cm³/mol. The van der Waals surface area contributed by atoms with Crippen LogP contribution < -0.4 is 0 Å². The van der Waals surface area contributed by atoms with Crippen LogP contribution in [-0.4, -0.2) is 41.1 Å². The second kappa shape index (κ2) is 10.0. The molecule has 0 saturated carbocycles. The molecule has 0 bridgehead atoms. The van der Waals surface area contributed by atoms with Crippen LogP contribution in [0.25, 0.3) is 11.1 Å². The van der Waals surface area contributed by atoms with Crippen LogP contribution in [0.2, 0.25) is 10.0 Å². The lowest BCUT2D eigenvalue weighted by Crippen LogP contribution is -2.49. The number of hydrogen-bond acceptors (Lipinski definition) is 5. The molecule has 1 heterocycles. The summed E-state index contributed by atoms with van der Waals surface area (Å²) in [6.07, 6.45) is 0. The second-order valence-corrected chi connectivity index (χ2v) is 9.27. The summed E-state index contributed by atoms with van der Waals surface area (Å²) in [6, 6.07) is 18.1. The van der Waals surface area contributed by atoms with Crippen LogP contribution >= 0.6 is 23.2 Å². The number of ether oxygens (including phenoxy) is 1. The van der Waals surface area contributed by atoms with Gasteiger partial charge >= 0.3 is 5.97 Å². The number of halogens is 2. The van der Waals surface area contributed by atoms with Crippen molar-refractivity contribution < 1.29 is 23.9 Å². The molecule has 6 nitrogen and oxygen atoms in total. The maximum absolute atomic E-state index is 13.0. The Labute approximate surface area is 212 Å². The van der Waals surface area contributed by atoms with Crippen molar-refractivity contribution in [2.24, 2.45) is 5.92 Å².